The normalized spacial score (nSPS) is 20.1. The summed E-state index contributed by atoms with van der Waals surface area (Å²) in [6.45, 7) is 2.33. The third kappa shape index (κ3) is 4.70. The monoisotopic (exact) mass is 306 g/mol. The first-order valence-corrected chi connectivity index (χ1v) is 7.52. The molecule has 1 atom stereocenters. The molecule has 0 radical (unpaired) electrons. The Labute approximate surface area is 129 Å². The van der Waals surface area contributed by atoms with E-state index in [1.807, 2.05) is 35.2 Å². The van der Waals surface area contributed by atoms with Gasteiger partial charge in [-0.05, 0) is 18.5 Å². The summed E-state index contributed by atoms with van der Waals surface area (Å²) in [5.74, 6) is 0.650. The molecule has 2 rings (SSSR count). The Balaban J connectivity index is 1.97. The van der Waals surface area contributed by atoms with Gasteiger partial charge in [0.05, 0.1) is 6.42 Å². The van der Waals surface area contributed by atoms with E-state index in [0.29, 0.717) is 38.4 Å². The van der Waals surface area contributed by atoms with E-state index in [-0.39, 0.29) is 4.92 Å². The number of nitrogens with two attached hydrogens (primary N) is 1. The Bertz CT molecular complexity index is 507. The number of oxime groups is 1. The number of nitrogens with zero attached hydrogens (tertiary/aromatic N) is 3. The molecule has 2 N–H and O–H groups in total. The highest BCUT2D eigenvalue weighted by atomic mass is 16.6. The van der Waals surface area contributed by atoms with Crippen LogP contribution in [0.15, 0.2) is 35.5 Å². The van der Waals surface area contributed by atoms with Crippen molar-refractivity contribution >= 4 is 5.84 Å². The first-order valence-electron chi connectivity index (χ1n) is 7.52. The molecule has 0 spiro atoms. The number of amidine groups is 1. The van der Waals surface area contributed by atoms with Crippen LogP contribution in [0.2, 0.25) is 0 Å². The largest absolute Gasteiger partial charge is 0.389 e. The van der Waals surface area contributed by atoms with Crippen LogP contribution in [0.5, 0.6) is 0 Å². The van der Waals surface area contributed by atoms with Crippen LogP contribution in [0, 0.1) is 10.1 Å². The van der Waals surface area contributed by atoms with Crippen molar-refractivity contribution in [1.29, 1.82) is 0 Å². The van der Waals surface area contributed by atoms with Gasteiger partial charge in [0.25, 0.3) is 0 Å². The first kappa shape index (κ1) is 16.2. The molecule has 7 nitrogen and oxygen atoms in total. The highest BCUT2D eigenvalue weighted by Crippen LogP contribution is 2.16. The summed E-state index contributed by atoms with van der Waals surface area (Å²) >= 11 is 0. The molecular weight excluding hydrogens is 284 g/mol. The first-order chi connectivity index (χ1) is 10.7. The molecule has 1 heterocycles. The number of hydrogen-bond donors (Lipinski definition) is 1. The molecule has 0 amide bonds. The maximum atomic E-state index is 11.0. The topological polar surface area (TPSA) is 94.0 Å². The van der Waals surface area contributed by atoms with Crippen molar-refractivity contribution in [2.75, 3.05) is 19.6 Å². The van der Waals surface area contributed by atoms with Crippen LogP contribution in [0.1, 0.15) is 24.8 Å². The average molecular weight is 306 g/mol. The molecular formula is C15H22N4O3. The molecule has 120 valence electrons. The fourth-order valence-electron chi connectivity index (χ4n) is 2.43. The van der Waals surface area contributed by atoms with Crippen molar-refractivity contribution in [3.05, 3.63) is 46.0 Å². The minimum absolute atomic E-state index is 0.229. The van der Waals surface area contributed by atoms with Crippen molar-refractivity contribution in [2.45, 2.75) is 31.9 Å². The molecule has 1 aliphatic heterocycles. The molecule has 7 heteroatoms. The fraction of sp³-hybridized carbons (Fsp3) is 0.533. The number of piperidine rings is 1. The highest BCUT2D eigenvalue weighted by Gasteiger charge is 2.31. The van der Waals surface area contributed by atoms with E-state index in [4.69, 9.17) is 10.6 Å². The standard InChI is InChI=1S/C15H22N4O3/c16-8-4-9-18-10-7-14(19(20)21)11-15(18)17-22-12-13-5-2-1-3-6-13/h1-3,5-6,14H,4,7-12,16H2. The van der Waals surface area contributed by atoms with Crippen molar-refractivity contribution < 1.29 is 9.76 Å². The van der Waals surface area contributed by atoms with Gasteiger partial charge in [0.2, 0.25) is 6.04 Å². The molecule has 0 aromatic heterocycles. The van der Waals surface area contributed by atoms with Gasteiger partial charge in [0.15, 0.2) is 5.84 Å². The van der Waals surface area contributed by atoms with Gasteiger partial charge in [-0.25, -0.2) is 0 Å². The number of likely N-dealkylation sites (tertiary alicyclic amines) is 1. The van der Waals surface area contributed by atoms with Gasteiger partial charge in [-0.2, -0.15) is 0 Å². The maximum absolute atomic E-state index is 11.0. The average Bonchev–Trinajstić information content (AvgIpc) is 2.54. The zero-order valence-electron chi connectivity index (χ0n) is 12.6. The Hall–Kier alpha value is -2.15. The minimum atomic E-state index is -0.576. The summed E-state index contributed by atoms with van der Waals surface area (Å²) in [5, 5.41) is 15.1. The van der Waals surface area contributed by atoms with Gasteiger partial charge < -0.3 is 15.5 Å². The maximum Gasteiger partial charge on any atom is 0.221 e. The SMILES string of the molecule is NCCCN1CCC([N+](=O)[O-])CC1=NOCc1ccccc1. The second kappa shape index (κ2) is 8.33. The van der Waals surface area contributed by atoms with E-state index in [1.54, 1.807) is 0 Å². The summed E-state index contributed by atoms with van der Waals surface area (Å²) in [4.78, 5) is 18.2. The van der Waals surface area contributed by atoms with E-state index in [9.17, 15) is 10.1 Å². The second-order valence-electron chi connectivity index (χ2n) is 5.33. The molecule has 1 aliphatic rings. The van der Waals surface area contributed by atoms with E-state index < -0.39 is 6.04 Å². The number of hydrogen-bond acceptors (Lipinski definition) is 5. The van der Waals surface area contributed by atoms with Gasteiger partial charge in [-0.1, -0.05) is 35.5 Å². The van der Waals surface area contributed by atoms with Crippen LogP contribution < -0.4 is 5.73 Å². The third-order valence-electron chi connectivity index (χ3n) is 3.69. The summed E-state index contributed by atoms with van der Waals surface area (Å²) in [6.07, 6.45) is 1.68. The molecule has 1 saturated heterocycles. The predicted molar refractivity (Wildman–Crippen MR) is 83.9 cm³/mol. The second-order valence-corrected chi connectivity index (χ2v) is 5.33. The molecule has 0 aliphatic carbocycles. The summed E-state index contributed by atoms with van der Waals surface area (Å²) in [7, 11) is 0. The highest BCUT2D eigenvalue weighted by molar-refractivity contribution is 5.83. The molecule has 1 aromatic rings. The summed E-state index contributed by atoms with van der Waals surface area (Å²) in [5.41, 5.74) is 6.55. The van der Waals surface area contributed by atoms with Gasteiger partial charge >= 0.3 is 0 Å². The van der Waals surface area contributed by atoms with Crippen LogP contribution in [0.25, 0.3) is 0 Å². The lowest BCUT2D eigenvalue weighted by Gasteiger charge is -2.30. The third-order valence-corrected chi connectivity index (χ3v) is 3.69. The van der Waals surface area contributed by atoms with Crippen LogP contribution in [-0.4, -0.2) is 41.3 Å². The van der Waals surface area contributed by atoms with Crippen molar-refractivity contribution in [2.24, 2.45) is 10.9 Å². The molecule has 1 unspecified atom stereocenters. The zero-order chi connectivity index (χ0) is 15.8. The molecule has 22 heavy (non-hydrogen) atoms. The lowest BCUT2D eigenvalue weighted by Crippen LogP contribution is -2.44. The molecule has 1 aromatic carbocycles. The van der Waals surface area contributed by atoms with Crippen molar-refractivity contribution in [3.63, 3.8) is 0 Å². The minimum Gasteiger partial charge on any atom is -0.389 e. The predicted octanol–water partition coefficient (Wildman–Crippen LogP) is 1.61. The number of rotatable bonds is 7. The molecule has 0 saturated carbocycles. The zero-order valence-corrected chi connectivity index (χ0v) is 12.6. The molecule has 1 fully saturated rings. The van der Waals surface area contributed by atoms with Gasteiger partial charge in [-0.15, -0.1) is 0 Å². The van der Waals surface area contributed by atoms with Crippen LogP contribution in [-0.2, 0) is 11.4 Å². The quantitative estimate of drug-likeness (QED) is 0.610. The van der Waals surface area contributed by atoms with Crippen LogP contribution in [0.3, 0.4) is 0 Å². The number of nitro groups is 1. The Morgan fingerprint density at radius 1 is 1.41 bits per heavy atom. The summed E-state index contributed by atoms with van der Waals surface area (Å²) in [6, 6.07) is 9.13. The van der Waals surface area contributed by atoms with E-state index >= 15 is 0 Å². The smallest absolute Gasteiger partial charge is 0.221 e. The Morgan fingerprint density at radius 3 is 2.86 bits per heavy atom. The summed E-state index contributed by atoms with van der Waals surface area (Å²) < 4.78 is 0. The van der Waals surface area contributed by atoms with Crippen LogP contribution >= 0.6 is 0 Å². The van der Waals surface area contributed by atoms with E-state index in [1.165, 1.54) is 0 Å². The Kier molecular flexibility index (Phi) is 6.14. The van der Waals surface area contributed by atoms with E-state index in [2.05, 4.69) is 5.16 Å². The molecule has 0 bridgehead atoms. The lowest BCUT2D eigenvalue weighted by atomic mass is 10.0. The van der Waals surface area contributed by atoms with Crippen molar-refractivity contribution in [3.8, 4) is 0 Å². The lowest BCUT2D eigenvalue weighted by molar-refractivity contribution is -0.523. The van der Waals surface area contributed by atoms with Gasteiger partial charge in [0.1, 0.15) is 6.61 Å². The van der Waals surface area contributed by atoms with E-state index in [0.717, 1.165) is 18.5 Å². The van der Waals surface area contributed by atoms with Gasteiger partial charge in [0, 0.05) is 24.4 Å². The fourth-order valence-corrected chi connectivity index (χ4v) is 2.43. The van der Waals surface area contributed by atoms with Gasteiger partial charge in [-0.3, -0.25) is 10.1 Å². The number of benzene rings is 1. The van der Waals surface area contributed by atoms with Crippen LogP contribution in [0.4, 0.5) is 0 Å². The van der Waals surface area contributed by atoms with Crippen molar-refractivity contribution in [1.82, 2.24) is 4.90 Å². The Morgan fingerprint density at radius 2 is 2.18 bits per heavy atom.